The molecule has 1 aliphatic rings. The molecule has 0 saturated heterocycles. The number of nitrogens with zero attached hydrogens (tertiary/aromatic N) is 1. The van der Waals surface area contributed by atoms with Crippen molar-refractivity contribution < 1.29 is 0 Å². The maximum absolute atomic E-state index is 5.48. The minimum atomic E-state index is 0.662. The molecule has 1 aliphatic carbocycles. The molecule has 4 nitrogen and oxygen atoms in total. The summed E-state index contributed by atoms with van der Waals surface area (Å²) in [5, 5.41) is 10.6. The molecule has 1 heterocycles. The van der Waals surface area contributed by atoms with Crippen LogP contribution in [-0.4, -0.2) is 23.3 Å². The Morgan fingerprint density at radius 2 is 2.20 bits per heavy atom. The number of nitrogens with two attached hydrogens (primary N) is 1. The second kappa shape index (κ2) is 5.16. The molecule has 4 heteroatoms. The zero-order valence-electron chi connectivity index (χ0n) is 9.13. The third-order valence-corrected chi connectivity index (χ3v) is 3.14. The van der Waals surface area contributed by atoms with Gasteiger partial charge in [-0.05, 0) is 12.8 Å². The van der Waals surface area contributed by atoms with Crippen LogP contribution in [0.25, 0.3) is 0 Å². The fourth-order valence-electron chi connectivity index (χ4n) is 2.35. The molecule has 0 amide bonds. The standard InChI is InChI=1S/C11H20N4/c12-6-7-13-10-8-14-15-11(10)9-4-2-1-3-5-9/h8-9,13H,1-7,12H2,(H,14,15). The van der Waals surface area contributed by atoms with Crippen molar-refractivity contribution in [3.05, 3.63) is 11.9 Å². The van der Waals surface area contributed by atoms with E-state index in [2.05, 4.69) is 15.5 Å². The van der Waals surface area contributed by atoms with Gasteiger partial charge in [0.1, 0.15) is 0 Å². The van der Waals surface area contributed by atoms with Crippen molar-refractivity contribution in [1.29, 1.82) is 0 Å². The average molecular weight is 208 g/mol. The fraction of sp³-hybridized carbons (Fsp3) is 0.727. The van der Waals surface area contributed by atoms with Crippen molar-refractivity contribution in [3.8, 4) is 0 Å². The Morgan fingerprint density at radius 1 is 1.40 bits per heavy atom. The van der Waals surface area contributed by atoms with E-state index in [1.807, 2.05) is 6.20 Å². The van der Waals surface area contributed by atoms with Crippen molar-refractivity contribution in [2.24, 2.45) is 5.73 Å². The molecule has 0 aromatic carbocycles. The molecule has 15 heavy (non-hydrogen) atoms. The van der Waals surface area contributed by atoms with Gasteiger partial charge in [-0.2, -0.15) is 5.10 Å². The maximum atomic E-state index is 5.48. The van der Waals surface area contributed by atoms with Gasteiger partial charge in [0, 0.05) is 19.0 Å². The number of aromatic nitrogens is 2. The summed E-state index contributed by atoms with van der Waals surface area (Å²) in [5.74, 6) is 0.668. The van der Waals surface area contributed by atoms with E-state index in [0.717, 1.165) is 12.2 Å². The van der Waals surface area contributed by atoms with Crippen LogP contribution in [0.4, 0.5) is 5.69 Å². The molecule has 1 aromatic heterocycles. The summed E-state index contributed by atoms with van der Waals surface area (Å²) in [6, 6.07) is 0. The quantitative estimate of drug-likeness (QED) is 0.707. The van der Waals surface area contributed by atoms with Crippen LogP contribution in [0.1, 0.15) is 43.7 Å². The molecular formula is C11H20N4. The molecule has 1 fully saturated rings. The van der Waals surface area contributed by atoms with Gasteiger partial charge in [-0.15, -0.1) is 0 Å². The van der Waals surface area contributed by atoms with Crippen LogP contribution in [0.5, 0.6) is 0 Å². The van der Waals surface area contributed by atoms with Crippen LogP contribution >= 0.6 is 0 Å². The van der Waals surface area contributed by atoms with E-state index in [9.17, 15) is 0 Å². The summed E-state index contributed by atoms with van der Waals surface area (Å²) >= 11 is 0. The van der Waals surface area contributed by atoms with E-state index in [1.165, 1.54) is 37.8 Å². The molecule has 0 atom stereocenters. The molecule has 0 radical (unpaired) electrons. The number of aromatic amines is 1. The molecule has 1 aromatic rings. The monoisotopic (exact) mass is 208 g/mol. The lowest BCUT2D eigenvalue weighted by Crippen LogP contribution is -2.15. The summed E-state index contributed by atoms with van der Waals surface area (Å²) in [6.07, 6.45) is 8.54. The molecule has 0 unspecified atom stereocenters. The molecule has 0 aliphatic heterocycles. The zero-order valence-corrected chi connectivity index (χ0v) is 9.13. The normalized spacial score (nSPS) is 17.9. The lowest BCUT2D eigenvalue weighted by molar-refractivity contribution is 0.437. The van der Waals surface area contributed by atoms with Gasteiger partial charge in [0.15, 0.2) is 0 Å². The summed E-state index contributed by atoms with van der Waals surface area (Å²) in [6.45, 7) is 1.48. The highest BCUT2D eigenvalue weighted by molar-refractivity contribution is 5.47. The summed E-state index contributed by atoms with van der Waals surface area (Å²) in [5.41, 5.74) is 7.91. The summed E-state index contributed by atoms with van der Waals surface area (Å²) < 4.78 is 0. The Balaban J connectivity index is 2.02. The van der Waals surface area contributed by atoms with E-state index in [0.29, 0.717) is 12.5 Å². The van der Waals surface area contributed by atoms with Crippen LogP contribution in [0, 0.1) is 0 Å². The topological polar surface area (TPSA) is 66.7 Å². The van der Waals surface area contributed by atoms with Gasteiger partial charge in [0.25, 0.3) is 0 Å². The fourth-order valence-corrected chi connectivity index (χ4v) is 2.35. The summed E-state index contributed by atoms with van der Waals surface area (Å²) in [4.78, 5) is 0. The Hall–Kier alpha value is -1.03. The first kappa shape index (κ1) is 10.5. The Bertz CT molecular complexity index is 289. The smallest absolute Gasteiger partial charge is 0.0759 e. The lowest BCUT2D eigenvalue weighted by atomic mass is 9.86. The van der Waals surface area contributed by atoms with Gasteiger partial charge in [0.2, 0.25) is 0 Å². The first-order valence-corrected chi connectivity index (χ1v) is 5.89. The van der Waals surface area contributed by atoms with Crippen molar-refractivity contribution >= 4 is 5.69 Å². The first-order chi connectivity index (χ1) is 7.42. The Labute approximate surface area is 90.6 Å². The second-order valence-electron chi connectivity index (χ2n) is 4.25. The van der Waals surface area contributed by atoms with Crippen molar-refractivity contribution in [3.63, 3.8) is 0 Å². The van der Waals surface area contributed by atoms with E-state index in [-0.39, 0.29) is 0 Å². The van der Waals surface area contributed by atoms with Crippen LogP contribution in [-0.2, 0) is 0 Å². The largest absolute Gasteiger partial charge is 0.381 e. The number of hydrogen-bond acceptors (Lipinski definition) is 3. The number of nitrogens with one attached hydrogen (secondary N) is 2. The second-order valence-corrected chi connectivity index (χ2v) is 4.25. The van der Waals surface area contributed by atoms with Crippen LogP contribution in [0.2, 0.25) is 0 Å². The number of rotatable bonds is 4. The number of hydrogen-bond donors (Lipinski definition) is 3. The SMILES string of the molecule is NCCNc1cn[nH]c1C1CCCCC1. The highest BCUT2D eigenvalue weighted by Gasteiger charge is 2.19. The van der Waals surface area contributed by atoms with Gasteiger partial charge < -0.3 is 11.1 Å². The van der Waals surface area contributed by atoms with E-state index >= 15 is 0 Å². The van der Waals surface area contributed by atoms with Crippen LogP contribution in [0.15, 0.2) is 6.20 Å². The first-order valence-electron chi connectivity index (χ1n) is 5.89. The molecule has 0 spiro atoms. The zero-order chi connectivity index (χ0) is 10.5. The number of anilines is 1. The van der Waals surface area contributed by atoms with Crippen molar-refractivity contribution in [2.45, 2.75) is 38.0 Å². The highest BCUT2D eigenvalue weighted by Crippen LogP contribution is 2.34. The minimum absolute atomic E-state index is 0.662. The predicted octanol–water partition coefficient (Wildman–Crippen LogP) is 1.83. The van der Waals surface area contributed by atoms with Crippen molar-refractivity contribution in [1.82, 2.24) is 10.2 Å². The van der Waals surface area contributed by atoms with E-state index < -0.39 is 0 Å². The predicted molar refractivity (Wildman–Crippen MR) is 62.0 cm³/mol. The van der Waals surface area contributed by atoms with Crippen molar-refractivity contribution in [2.75, 3.05) is 18.4 Å². The third kappa shape index (κ3) is 2.50. The molecule has 1 saturated carbocycles. The molecular weight excluding hydrogens is 188 g/mol. The van der Waals surface area contributed by atoms with Gasteiger partial charge in [-0.1, -0.05) is 19.3 Å². The molecule has 2 rings (SSSR count). The Morgan fingerprint density at radius 3 is 2.93 bits per heavy atom. The van der Waals surface area contributed by atoms with E-state index in [4.69, 9.17) is 5.73 Å². The third-order valence-electron chi connectivity index (χ3n) is 3.14. The maximum Gasteiger partial charge on any atom is 0.0759 e. The lowest BCUT2D eigenvalue weighted by Gasteiger charge is -2.21. The van der Waals surface area contributed by atoms with Gasteiger partial charge >= 0.3 is 0 Å². The number of H-pyrrole nitrogens is 1. The summed E-state index contributed by atoms with van der Waals surface area (Å²) in [7, 11) is 0. The molecule has 0 bridgehead atoms. The molecule has 4 N–H and O–H groups in total. The Kier molecular flexibility index (Phi) is 3.61. The van der Waals surface area contributed by atoms with Gasteiger partial charge in [-0.25, -0.2) is 0 Å². The van der Waals surface area contributed by atoms with Crippen LogP contribution in [0.3, 0.4) is 0 Å². The van der Waals surface area contributed by atoms with Crippen LogP contribution < -0.4 is 11.1 Å². The van der Waals surface area contributed by atoms with E-state index in [1.54, 1.807) is 0 Å². The van der Waals surface area contributed by atoms with Gasteiger partial charge in [-0.3, -0.25) is 5.10 Å². The molecule has 84 valence electrons. The van der Waals surface area contributed by atoms with Gasteiger partial charge in [0.05, 0.1) is 17.6 Å². The highest BCUT2D eigenvalue weighted by atomic mass is 15.1. The minimum Gasteiger partial charge on any atom is -0.381 e. The average Bonchev–Trinajstić information content (AvgIpc) is 2.75.